The molecule has 3 nitrogen and oxygen atoms in total. The van der Waals surface area contributed by atoms with Gasteiger partial charge in [-0.15, -0.1) is 0 Å². The van der Waals surface area contributed by atoms with Gasteiger partial charge < -0.3 is 4.74 Å². The minimum Gasteiger partial charge on any atom is -0.481 e. The molecular formula is C7H6ClNO2. The van der Waals surface area contributed by atoms with Crippen LogP contribution >= 0.6 is 11.6 Å². The number of aldehydes is 1. The van der Waals surface area contributed by atoms with Crippen molar-refractivity contribution < 1.29 is 9.53 Å². The van der Waals surface area contributed by atoms with Gasteiger partial charge in [-0.1, -0.05) is 11.6 Å². The first-order chi connectivity index (χ1) is 5.27. The van der Waals surface area contributed by atoms with Crippen LogP contribution in [-0.4, -0.2) is 18.4 Å². The highest BCUT2D eigenvalue weighted by Crippen LogP contribution is 2.15. The van der Waals surface area contributed by atoms with Crippen LogP contribution in [0.2, 0.25) is 5.15 Å². The van der Waals surface area contributed by atoms with Crippen LogP contribution in [0.4, 0.5) is 0 Å². The van der Waals surface area contributed by atoms with E-state index in [-0.39, 0.29) is 5.15 Å². The fourth-order valence-corrected chi connectivity index (χ4v) is 0.821. The molecule has 0 radical (unpaired) electrons. The number of rotatable bonds is 2. The number of methoxy groups -OCH3 is 1. The van der Waals surface area contributed by atoms with Gasteiger partial charge in [-0.05, 0) is 6.07 Å². The Bertz CT molecular complexity index is 275. The van der Waals surface area contributed by atoms with Crippen molar-refractivity contribution in [3.63, 3.8) is 0 Å². The van der Waals surface area contributed by atoms with Gasteiger partial charge in [0.2, 0.25) is 5.88 Å². The zero-order chi connectivity index (χ0) is 8.27. The quantitative estimate of drug-likeness (QED) is 0.501. The number of carbonyl (C=O) groups is 1. The second-order valence-corrected chi connectivity index (χ2v) is 2.21. The summed E-state index contributed by atoms with van der Waals surface area (Å²) in [5, 5.41) is 0.166. The molecule has 0 N–H and O–H groups in total. The molecule has 1 heterocycles. The molecule has 58 valence electrons. The molecule has 0 spiro atoms. The molecule has 0 aliphatic rings. The predicted molar refractivity (Wildman–Crippen MR) is 41.2 cm³/mol. The van der Waals surface area contributed by atoms with E-state index in [1.54, 1.807) is 12.1 Å². The highest BCUT2D eigenvalue weighted by Gasteiger charge is 2.00. The van der Waals surface area contributed by atoms with E-state index in [4.69, 9.17) is 16.3 Å². The Morgan fingerprint density at radius 3 is 2.82 bits per heavy atom. The van der Waals surface area contributed by atoms with Crippen molar-refractivity contribution in [2.45, 2.75) is 0 Å². The van der Waals surface area contributed by atoms with Crippen molar-refractivity contribution in [1.82, 2.24) is 4.98 Å². The molecular weight excluding hydrogens is 166 g/mol. The highest BCUT2D eigenvalue weighted by molar-refractivity contribution is 6.31. The molecule has 11 heavy (non-hydrogen) atoms. The van der Waals surface area contributed by atoms with Crippen LogP contribution in [-0.2, 0) is 0 Å². The van der Waals surface area contributed by atoms with E-state index in [0.717, 1.165) is 0 Å². The molecule has 0 saturated heterocycles. The summed E-state index contributed by atoms with van der Waals surface area (Å²) < 4.78 is 4.78. The first-order valence-corrected chi connectivity index (χ1v) is 3.31. The number of hydrogen-bond acceptors (Lipinski definition) is 3. The van der Waals surface area contributed by atoms with Crippen LogP contribution in [0.15, 0.2) is 12.1 Å². The Morgan fingerprint density at radius 1 is 1.64 bits per heavy atom. The molecule has 0 fully saturated rings. The number of pyridine rings is 1. The van der Waals surface area contributed by atoms with E-state index in [1.807, 2.05) is 0 Å². The zero-order valence-corrected chi connectivity index (χ0v) is 6.63. The summed E-state index contributed by atoms with van der Waals surface area (Å²) in [6.07, 6.45) is 0.648. The van der Waals surface area contributed by atoms with Gasteiger partial charge in [0.15, 0.2) is 6.29 Å². The van der Waals surface area contributed by atoms with E-state index in [2.05, 4.69) is 4.98 Å². The Morgan fingerprint density at radius 2 is 2.36 bits per heavy atom. The number of nitrogens with zero attached hydrogens (tertiary/aromatic N) is 1. The molecule has 0 aromatic carbocycles. The third kappa shape index (κ3) is 1.68. The van der Waals surface area contributed by atoms with E-state index in [9.17, 15) is 4.79 Å². The second-order valence-electron chi connectivity index (χ2n) is 1.85. The number of halogens is 1. The smallest absolute Gasteiger partial charge is 0.214 e. The van der Waals surface area contributed by atoms with Crippen LogP contribution < -0.4 is 4.74 Å². The number of ether oxygens (including phenoxy) is 1. The molecule has 0 bridgehead atoms. The third-order valence-corrected chi connectivity index (χ3v) is 1.49. The number of aromatic nitrogens is 1. The molecule has 0 aliphatic carbocycles. The second kappa shape index (κ2) is 3.34. The minimum atomic E-state index is 0.166. The Labute approximate surface area is 69.0 Å². The van der Waals surface area contributed by atoms with Crippen molar-refractivity contribution in [3.8, 4) is 5.88 Å². The number of carbonyl (C=O) groups excluding carboxylic acids is 1. The maximum atomic E-state index is 10.3. The summed E-state index contributed by atoms with van der Waals surface area (Å²) in [6, 6.07) is 3.14. The van der Waals surface area contributed by atoms with Crippen molar-refractivity contribution in [1.29, 1.82) is 0 Å². The highest BCUT2D eigenvalue weighted by atomic mass is 35.5. The van der Waals surface area contributed by atoms with Gasteiger partial charge in [-0.2, -0.15) is 0 Å². The van der Waals surface area contributed by atoms with Gasteiger partial charge in [-0.3, -0.25) is 4.79 Å². The zero-order valence-electron chi connectivity index (χ0n) is 5.87. The van der Waals surface area contributed by atoms with Gasteiger partial charge in [0.05, 0.1) is 12.7 Å². The van der Waals surface area contributed by atoms with E-state index in [1.165, 1.54) is 7.11 Å². The van der Waals surface area contributed by atoms with Crippen LogP contribution in [0.5, 0.6) is 5.88 Å². The fraction of sp³-hybridized carbons (Fsp3) is 0.143. The van der Waals surface area contributed by atoms with E-state index >= 15 is 0 Å². The summed E-state index contributed by atoms with van der Waals surface area (Å²) >= 11 is 5.59. The number of hydrogen-bond donors (Lipinski definition) is 0. The maximum Gasteiger partial charge on any atom is 0.214 e. The van der Waals surface area contributed by atoms with Crippen molar-refractivity contribution in [2.24, 2.45) is 0 Å². The first kappa shape index (κ1) is 8.01. The van der Waals surface area contributed by atoms with Crippen LogP contribution in [0, 0.1) is 0 Å². The lowest BCUT2D eigenvalue weighted by Crippen LogP contribution is -1.90. The molecule has 0 saturated carbocycles. The molecule has 0 amide bonds. The Kier molecular flexibility index (Phi) is 2.44. The monoisotopic (exact) mass is 171 g/mol. The Balaban J connectivity index is 3.09. The van der Waals surface area contributed by atoms with Crippen LogP contribution in [0.1, 0.15) is 10.4 Å². The van der Waals surface area contributed by atoms with Gasteiger partial charge in [-0.25, -0.2) is 4.98 Å². The van der Waals surface area contributed by atoms with Crippen molar-refractivity contribution in [3.05, 3.63) is 22.8 Å². The first-order valence-electron chi connectivity index (χ1n) is 2.93. The SMILES string of the molecule is COc1ccc(C=O)c(Cl)n1. The minimum absolute atomic E-state index is 0.166. The normalized spacial score (nSPS) is 9.27. The standard InChI is InChI=1S/C7H6ClNO2/c1-11-6-3-2-5(4-10)7(8)9-6/h2-4H,1H3. The lowest BCUT2D eigenvalue weighted by molar-refractivity contribution is 0.112. The lowest BCUT2D eigenvalue weighted by atomic mass is 10.3. The fourth-order valence-electron chi connectivity index (χ4n) is 0.630. The van der Waals surface area contributed by atoms with Gasteiger partial charge in [0.25, 0.3) is 0 Å². The topological polar surface area (TPSA) is 39.2 Å². The van der Waals surface area contributed by atoms with Gasteiger partial charge in [0.1, 0.15) is 5.15 Å². The van der Waals surface area contributed by atoms with E-state index < -0.39 is 0 Å². The van der Waals surface area contributed by atoms with Gasteiger partial charge in [0, 0.05) is 6.07 Å². The summed E-state index contributed by atoms with van der Waals surface area (Å²) in [6.45, 7) is 0. The van der Waals surface area contributed by atoms with E-state index in [0.29, 0.717) is 17.7 Å². The molecule has 1 rings (SSSR count). The molecule has 0 atom stereocenters. The molecule has 1 aromatic rings. The predicted octanol–water partition coefficient (Wildman–Crippen LogP) is 1.56. The lowest BCUT2D eigenvalue weighted by Gasteiger charge is -1.98. The molecule has 0 unspecified atom stereocenters. The van der Waals surface area contributed by atoms with Gasteiger partial charge >= 0.3 is 0 Å². The Hall–Kier alpha value is -1.09. The van der Waals surface area contributed by atoms with Crippen LogP contribution in [0.3, 0.4) is 0 Å². The molecule has 1 aromatic heterocycles. The van der Waals surface area contributed by atoms with Crippen molar-refractivity contribution >= 4 is 17.9 Å². The summed E-state index contributed by atoms with van der Waals surface area (Å²) in [5.41, 5.74) is 0.368. The average molecular weight is 172 g/mol. The summed E-state index contributed by atoms with van der Waals surface area (Å²) in [7, 11) is 1.49. The third-order valence-electron chi connectivity index (χ3n) is 1.19. The average Bonchev–Trinajstić information content (AvgIpc) is 2.04. The summed E-state index contributed by atoms with van der Waals surface area (Å²) in [4.78, 5) is 14.0. The van der Waals surface area contributed by atoms with Crippen molar-refractivity contribution in [2.75, 3.05) is 7.11 Å². The maximum absolute atomic E-state index is 10.3. The summed E-state index contributed by atoms with van der Waals surface area (Å²) in [5.74, 6) is 0.403. The largest absolute Gasteiger partial charge is 0.481 e. The van der Waals surface area contributed by atoms with Crippen LogP contribution in [0.25, 0.3) is 0 Å². The molecule has 4 heteroatoms. The molecule has 0 aliphatic heterocycles.